The molecule has 0 unspecified atom stereocenters. The van der Waals surface area contributed by atoms with Gasteiger partial charge in [0, 0.05) is 42.2 Å². The summed E-state index contributed by atoms with van der Waals surface area (Å²) in [7, 11) is 3.90. The third-order valence-corrected chi connectivity index (χ3v) is 5.37. The van der Waals surface area contributed by atoms with Gasteiger partial charge in [-0.1, -0.05) is 6.07 Å². The molecule has 1 aliphatic rings. The fourth-order valence-corrected chi connectivity index (χ4v) is 4.09. The van der Waals surface area contributed by atoms with Crippen molar-refractivity contribution in [3.63, 3.8) is 0 Å². The third-order valence-electron chi connectivity index (χ3n) is 4.07. The van der Waals surface area contributed by atoms with Crippen molar-refractivity contribution in [2.45, 2.75) is 38.6 Å². The van der Waals surface area contributed by atoms with E-state index in [9.17, 15) is 4.39 Å². The molecule has 1 heterocycles. The van der Waals surface area contributed by atoms with E-state index in [2.05, 4.69) is 31.0 Å². The predicted octanol–water partition coefficient (Wildman–Crippen LogP) is 3.18. The van der Waals surface area contributed by atoms with Gasteiger partial charge in [-0.25, -0.2) is 9.38 Å². The number of thioether (sulfide) groups is 1. The normalized spacial score (nSPS) is 17.9. The van der Waals surface area contributed by atoms with Gasteiger partial charge in [0.2, 0.25) is 0 Å². The highest BCUT2D eigenvalue weighted by atomic mass is 32.2. The fraction of sp³-hybridized carbons (Fsp3) is 0.632. The summed E-state index contributed by atoms with van der Waals surface area (Å²) in [5.74, 6) is 1.92. The summed E-state index contributed by atoms with van der Waals surface area (Å²) in [6, 6.07) is 5.31. The second-order valence-electron chi connectivity index (χ2n) is 7.36. The molecule has 4 nitrogen and oxygen atoms in total. The quantitative estimate of drug-likeness (QED) is 0.641. The van der Waals surface area contributed by atoms with E-state index < -0.39 is 0 Å². The fourth-order valence-electron chi connectivity index (χ4n) is 2.98. The summed E-state index contributed by atoms with van der Waals surface area (Å²) in [4.78, 5) is 9.12. The van der Waals surface area contributed by atoms with Gasteiger partial charge in [-0.2, -0.15) is 11.8 Å². The van der Waals surface area contributed by atoms with E-state index in [1.54, 1.807) is 6.07 Å². The lowest BCUT2D eigenvalue weighted by molar-refractivity contribution is 0.375. The van der Waals surface area contributed by atoms with Crippen molar-refractivity contribution in [1.29, 1.82) is 0 Å². The van der Waals surface area contributed by atoms with Gasteiger partial charge in [-0.05, 0) is 52.6 Å². The Morgan fingerprint density at radius 3 is 2.80 bits per heavy atom. The first-order valence-electron chi connectivity index (χ1n) is 8.90. The van der Waals surface area contributed by atoms with Crippen LogP contribution in [0.4, 0.5) is 4.39 Å². The molecule has 1 aliphatic heterocycles. The van der Waals surface area contributed by atoms with Crippen molar-refractivity contribution in [3.05, 3.63) is 35.1 Å². The maximum Gasteiger partial charge on any atom is 0.194 e. The van der Waals surface area contributed by atoms with E-state index in [1.165, 1.54) is 0 Å². The molecule has 2 rings (SSSR count). The van der Waals surface area contributed by atoms with Gasteiger partial charge < -0.3 is 15.1 Å². The summed E-state index contributed by atoms with van der Waals surface area (Å²) in [5, 5.41) is 3.40. The van der Waals surface area contributed by atoms with Crippen molar-refractivity contribution < 1.29 is 4.39 Å². The van der Waals surface area contributed by atoms with Gasteiger partial charge in [0.05, 0.1) is 6.54 Å². The molecule has 1 aromatic carbocycles. The largest absolute Gasteiger partial charge is 0.357 e. The molecule has 1 N–H and O–H groups in total. The van der Waals surface area contributed by atoms with Crippen LogP contribution in [0.2, 0.25) is 0 Å². The predicted molar refractivity (Wildman–Crippen MR) is 107 cm³/mol. The van der Waals surface area contributed by atoms with Crippen LogP contribution < -0.4 is 5.32 Å². The molecule has 0 radical (unpaired) electrons. The second kappa shape index (κ2) is 8.90. The number of nitrogens with one attached hydrogen (secondary N) is 1. The zero-order chi connectivity index (χ0) is 18.4. The number of nitrogens with zero attached hydrogens (tertiary/aromatic N) is 3. The zero-order valence-corrected chi connectivity index (χ0v) is 16.9. The molecule has 140 valence electrons. The molecule has 1 saturated heterocycles. The summed E-state index contributed by atoms with van der Waals surface area (Å²) in [6.07, 6.45) is 0. The summed E-state index contributed by atoms with van der Waals surface area (Å²) in [6.45, 7) is 10.6. The lowest BCUT2D eigenvalue weighted by atomic mass is 10.1. The summed E-state index contributed by atoms with van der Waals surface area (Å²) >= 11 is 2.01. The average molecular weight is 367 g/mol. The molecule has 0 aliphatic carbocycles. The van der Waals surface area contributed by atoms with Crippen LogP contribution in [0.5, 0.6) is 0 Å². The van der Waals surface area contributed by atoms with Crippen molar-refractivity contribution in [3.8, 4) is 0 Å². The summed E-state index contributed by atoms with van der Waals surface area (Å²) in [5.41, 5.74) is 1.76. The molecule has 0 saturated carbocycles. The van der Waals surface area contributed by atoms with E-state index in [4.69, 9.17) is 4.99 Å². The maximum absolute atomic E-state index is 13.9. The van der Waals surface area contributed by atoms with Gasteiger partial charge in [0.1, 0.15) is 5.82 Å². The molecule has 25 heavy (non-hydrogen) atoms. The van der Waals surface area contributed by atoms with E-state index in [0.717, 1.165) is 42.5 Å². The zero-order valence-electron chi connectivity index (χ0n) is 16.1. The van der Waals surface area contributed by atoms with Crippen LogP contribution in [0.1, 0.15) is 31.9 Å². The van der Waals surface area contributed by atoms with E-state index in [0.29, 0.717) is 13.1 Å². The number of aliphatic imine (C=N–C) groups is 1. The molecular formula is C19H31FN4S. The number of benzene rings is 1. The van der Waals surface area contributed by atoms with Crippen LogP contribution in [0, 0.1) is 5.82 Å². The Morgan fingerprint density at radius 2 is 2.16 bits per heavy atom. The number of hydrogen-bond donors (Lipinski definition) is 1. The van der Waals surface area contributed by atoms with Crippen LogP contribution in [0.15, 0.2) is 23.2 Å². The molecule has 0 aromatic heterocycles. The number of guanidine groups is 1. The first-order valence-corrected chi connectivity index (χ1v) is 9.88. The lowest BCUT2D eigenvalue weighted by Crippen LogP contribution is -2.50. The van der Waals surface area contributed by atoms with Gasteiger partial charge in [-0.15, -0.1) is 0 Å². The molecule has 1 aromatic rings. The minimum Gasteiger partial charge on any atom is -0.357 e. The first kappa shape index (κ1) is 20.0. The first-order chi connectivity index (χ1) is 11.8. The van der Waals surface area contributed by atoms with Crippen LogP contribution >= 0.6 is 11.8 Å². The maximum atomic E-state index is 13.9. The molecule has 0 amide bonds. The van der Waals surface area contributed by atoms with Crippen LogP contribution in [-0.2, 0) is 13.1 Å². The number of halogens is 1. The van der Waals surface area contributed by atoms with E-state index in [1.807, 2.05) is 42.9 Å². The Morgan fingerprint density at radius 1 is 1.40 bits per heavy atom. The topological polar surface area (TPSA) is 30.9 Å². The molecule has 0 spiro atoms. The Hall–Kier alpha value is -1.27. The Kier molecular flexibility index (Phi) is 7.14. The van der Waals surface area contributed by atoms with Crippen LogP contribution in [0.25, 0.3) is 0 Å². The minimum absolute atomic E-state index is 0.150. The minimum atomic E-state index is -0.150. The molecular weight excluding hydrogens is 335 g/mol. The van der Waals surface area contributed by atoms with Crippen LogP contribution in [-0.4, -0.2) is 60.0 Å². The molecule has 1 fully saturated rings. The van der Waals surface area contributed by atoms with Crippen molar-refractivity contribution in [2.75, 3.05) is 39.5 Å². The van der Waals surface area contributed by atoms with E-state index >= 15 is 0 Å². The van der Waals surface area contributed by atoms with Gasteiger partial charge in [0.25, 0.3) is 0 Å². The van der Waals surface area contributed by atoms with Crippen molar-refractivity contribution in [1.82, 2.24) is 15.1 Å². The average Bonchev–Trinajstić information content (AvgIpc) is 2.52. The Bertz CT molecular complexity index is 601. The van der Waals surface area contributed by atoms with Crippen LogP contribution in [0.3, 0.4) is 0 Å². The SMILES string of the molecule is CCNC(=NCc1ccc(F)c(CN(C)C)c1)N1CCSC(C)(C)C1. The Balaban J connectivity index is 2.13. The number of hydrogen-bond acceptors (Lipinski definition) is 3. The monoisotopic (exact) mass is 366 g/mol. The Labute approximate surface area is 155 Å². The molecule has 6 heteroatoms. The smallest absolute Gasteiger partial charge is 0.194 e. The highest BCUT2D eigenvalue weighted by Gasteiger charge is 2.28. The van der Waals surface area contributed by atoms with E-state index in [-0.39, 0.29) is 10.6 Å². The number of rotatable bonds is 5. The van der Waals surface area contributed by atoms with Gasteiger partial charge >= 0.3 is 0 Å². The molecule has 0 atom stereocenters. The molecule has 0 bridgehead atoms. The van der Waals surface area contributed by atoms with Gasteiger partial charge in [-0.3, -0.25) is 0 Å². The summed E-state index contributed by atoms with van der Waals surface area (Å²) < 4.78 is 14.2. The second-order valence-corrected chi connectivity index (χ2v) is 9.17. The standard InChI is InChI=1S/C19H31FN4S/c1-6-21-18(24-9-10-25-19(2,3)14-24)22-12-15-7-8-17(20)16(11-15)13-23(4)5/h7-8,11H,6,9-10,12-14H2,1-5H3,(H,21,22). The lowest BCUT2D eigenvalue weighted by Gasteiger charge is -2.39. The highest BCUT2D eigenvalue weighted by molar-refractivity contribution is 8.00. The van der Waals surface area contributed by atoms with Crippen molar-refractivity contribution in [2.24, 2.45) is 4.99 Å². The van der Waals surface area contributed by atoms with Gasteiger partial charge in [0.15, 0.2) is 5.96 Å². The van der Waals surface area contributed by atoms with Crippen molar-refractivity contribution >= 4 is 17.7 Å². The third kappa shape index (κ3) is 6.19. The highest BCUT2D eigenvalue weighted by Crippen LogP contribution is 2.29.